The number of anilines is 1. The Bertz CT molecular complexity index is 896. The van der Waals surface area contributed by atoms with Crippen LogP contribution in [0, 0.1) is 0 Å². The Labute approximate surface area is 147 Å². The fourth-order valence-electron chi connectivity index (χ4n) is 3.07. The number of amides is 1. The molecule has 0 saturated heterocycles. The van der Waals surface area contributed by atoms with Gasteiger partial charge in [0.15, 0.2) is 0 Å². The SMILES string of the molecule is CCc1ccc(Cl)c(CC)c1NC(=O)c1cccc2ccccc12. The van der Waals surface area contributed by atoms with Crippen LogP contribution >= 0.6 is 11.6 Å². The molecule has 3 aromatic carbocycles. The van der Waals surface area contributed by atoms with Gasteiger partial charge in [-0.3, -0.25) is 4.79 Å². The molecule has 3 aromatic rings. The fraction of sp³-hybridized carbons (Fsp3) is 0.190. The summed E-state index contributed by atoms with van der Waals surface area (Å²) in [6.45, 7) is 4.13. The van der Waals surface area contributed by atoms with Crippen LogP contribution in [0.4, 0.5) is 5.69 Å². The summed E-state index contributed by atoms with van der Waals surface area (Å²) in [5.41, 5.74) is 3.62. The van der Waals surface area contributed by atoms with Gasteiger partial charge in [0.2, 0.25) is 0 Å². The highest BCUT2D eigenvalue weighted by Crippen LogP contribution is 2.30. The van der Waals surface area contributed by atoms with Crippen LogP contribution in [0.3, 0.4) is 0 Å². The van der Waals surface area contributed by atoms with E-state index in [1.807, 2.05) is 61.5 Å². The fourth-order valence-corrected chi connectivity index (χ4v) is 3.36. The molecule has 0 aliphatic heterocycles. The van der Waals surface area contributed by atoms with E-state index in [2.05, 4.69) is 12.2 Å². The van der Waals surface area contributed by atoms with Crippen molar-refractivity contribution in [2.75, 3.05) is 5.32 Å². The smallest absolute Gasteiger partial charge is 0.256 e. The lowest BCUT2D eigenvalue weighted by Gasteiger charge is -2.16. The first-order valence-corrected chi connectivity index (χ1v) is 8.62. The third-order valence-corrected chi connectivity index (χ3v) is 4.70. The summed E-state index contributed by atoms with van der Waals surface area (Å²) in [6, 6.07) is 17.6. The van der Waals surface area contributed by atoms with Crippen LogP contribution in [0.5, 0.6) is 0 Å². The molecular weight excluding hydrogens is 318 g/mol. The van der Waals surface area contributed by atoms with Crippen LogP contribution < -0.4 is 5.32 Å². The molecule has 0 spiro atoms. The first-order chi connectivity index (χ1) is 11.7. The second-order valence-corrected chi connectivity index (χ2v) is 6.16. The maximum absolute atomic E-state index is 12.9. The second-order valence-electron chi connectivity index (χ2n) is 5.75. The highest BCUT2D eigenvalue weighted by Gasteiger charge is 2.15. The van der Waals surface area contributed by atoms with Crippen molar-refractivity contribution in [3.8, 4) is 0 Å². The molecule has 0 atom stereocenters. The molecule has 0 bridgehead atoms. The zero-order valence-electron chi connectivity index (χ0n) is 13.9. The Balaban J connectivity index is 2.05. The molecule has 0 unspecified atom stereocenters. The molecule has 24 heavy (non-hydrogen) atoms. The number of hydrogen-bond acceptors (Lipinski definition) is 1. The summed E-state index contributed by atoms with van der Waals surface area (Å²) in [4.78, 5) is 12.9. The number of fused-ring (bicyclic) bond motifs is 1. The minimum Gasteiger partial charge on any atom is -0.321 e. The van der Waals surface area contributed by atoms with Gasteiger partial charge in [-0.2, -0.15) is 0 Å². The van der Waals surface area contributed by atoms with Gasteiger partial charge in [-0.1, -0.05) is 67.9 Å². The van der Waals surface area contributed by atoms with Gasteiger partial charge < -0.3 is 5.32 Å². The Morgan fingerprint density at radius 3 is 2.46 bits per heavy atom. The molecule has 0 aromatic heterocycles. The van der Waals surface area contributed by atoms with Crippen molar-refractivity contribution in [3.05, 3.63) is 76.3 Å². The van der Waals surface area contributed by atoms with Crippen LogP contribution in [0.2, 0.25) is 5.02 Å². The molecule has 1 amide bonds. The van der Waals surface area contributed by atoms with Crippen molar-refractivity contribution in [1.82, 2.24) is 0 Å². The highest BCUT2D eigenvalue weighted by atomic mass is 35.5. The third kappa shape index (κ3) is 3.02. The molecule has 0 radical (unpaired) electrons. The number of halogens is 1. The topological polar surface area (TPSA) is 29.1 Å². The highest BCUT2D eigenvalue weighted by molar-refractivity contribution is 6.32. The predicted molar refractivity (Wildman–Crippen MR) is 102 cm³/mol. The van der Waals surface area contributed by atoms with E-state index in [1.54, 1.807) is 0 Å². The van der Waals surface area contributed by atoms with E-state index in [0.29, 0.717) is 10.6 Å². The summed E-state index contributed by atoms with van der Waals surface area (Å²) in [6.07, 6.45) is 1.62. The zero-order valence-corrected chi connectivity index (χ0v) is 14.7. The van der Waals surface area contributed by atoms with Gasteiger partial charge in [0.05, 0.1) is 0 Å². The van der Waals surface area contributed by atoms with Gasteiger partial charge >= 0.3 is 0 Å². The minimum absolute atomic E-state index is 0.0986. The molecule has 2 nitrogen and oxygen atoms in total. The van der Waals surface area contributed by atoms with Crippen molar-refractivity contribution in [1.29, 1.82) is 0 Å². The van der Waals surface area contributed by atoms with Gasteiger partial charge in [0.1, 0.15) is 0 Å². The minimum atomic E-state index is -0.0986. The van der Waals surface area contributed by atoms with Crippen molar-refractivity contribution in [3.63, 3.8) is 0 Å². The molecule has 3 heteroatoms. The Hall–Kier alpha value is -2.32. The normalized spacial score (nSPS) is 10.8. The van der Waals surface area contributed by atoms with Gasteiger partial charge in [0, 0.05) is 16.3 Å². The lowest BCUT2D eigenvalue weighted by molar-refractivity contribution is 0.102. The van der Waals surface area contributed by atoms with E-state index in [0.717, 1.165) is 40.4 Å². The molecule has 122 valence electrons. The second kappa shape index (κ2) is 7.06. The lowest BCUT2D eigenvalue weighted by Crippen LogP contribution is -2.15. The van der Waals surface area contributed by atoms with E-state index in [9.17, 15) is 4.79 Å². The standard InChI is InChI=1S/C21H20ClNO/c1-3-14-12-13-19(22)16(4-2)20(14)23-21(24)18-11-7-9-15-8-5-6-10-17(15)18/h5-13H,3-4H2,1-2H3,(H,23,24). The summed E-state index contributed by atoms with van der Waals surface area (Å²) >= 11 is 6.33. The average molecular weight is 338 g/mol. The first kappa shape index (κ1) is 16.5. The molecule has 3 rings (SSSR count). The van der Waals surface area contributed by atoms with Crippen molar-refractivity contribution < 1.29 is 4.79 Å². The van der Waals surface area contributed by atoms with E-state index >= 15 is 0 Å². The molecule has 0 aliphatic carbocycles. The molecule has 0 saturated carbocycles. The van der Waals surface area contributed by atoms with Crippen LogP contribution in [0.25, 0.3) is 10.8 Å². The predicted octanol–water partition coefficient (Wildman–Crippen LogP) is 5.87. The Morgan fingerprint density at radius 1 is 0.958 bits per heavy atom. The lowest BCUT2D eigenvalue weighted by atomic mass is 10.0. The van der Waals surface area contributed by atoms with Crippen molar-refractivity contribution in [2.45, 2.75) is 26.7 Å². The summed E-state index contributed by atoms with van der Waals surface area (Å²) in [5.74, 6) is -0.0986. The van der Waals surface area contributed by atoms with E-state index < -0.39 is 0 Å². The largest absolute Gasteiger partial charge is 0.321 e. The number of aryl methyl sites for hydroxylation is 1. The van der Waals surface area contributed by atoms with E-state index in [4.69, 9.17) is 11.6 Å². The molecule has 0 heterocycles. The third-order valence-electron chi connectivity index (χ3n) is 4.35. The quantitative estimate of drug-likeness (QED) is 0.633. The maximum Gasteiger partial charge on any atom is 0.256 e. The number of carbonyl (C=O) groups is 1. The van der Waals surface area contributed by atoms with E-state index in [1.165, 1.54) is 0 Å². The van der Waals surface area contributed by atoms with Gasteiger partial charge in [-0.25, -0.2) is 0 Å². The molecule has 0 aliphatic rings. The first-order valence-electron chi connectivity index (χ1n) is 8.25. The van der Waals surface area contributed by atoms with Crippen molar-refractivity contribution in [2.24, 2.45) is 0 Å². The van der Waals surface area contributed by atoms with Crippen LogP contribution in [0.1, 0.15) is 35.3 Å². The van der Waals surface area contributed by atoms with Crippen LogP contribution in [0.15, 0.2) is 54.6 Å². The van der Waals surface area contributed by atoms with Crippen LogP contribution in [-0.2, 0) is 12.8 Å². The van der Waals surface area contributed by atoms with E-state index in [-0.39, 0.29) is 5.91 Å². The van der Waals surface area contributed by atoms with Crippen LogP contribution in [-0.4, -0.2) is 5.91 Å². The summed E-state index contributed by atoms with van der Waals surface area (Å²) in [5, 5.41) is 5.82. The Kier molecular flexibility index (Phi) is 4.86. The molecular formula is C21H20ClNO. The molecule has 1 N–H and O–H groups in total. The van der Waals surface area contributed by atoms with Gasteiger partial charge in [-0.15, -0.1) is 0 Å². The average Bonchev–Trinajstić information content (AvgIpc) is 2.61. The number of hydrogen-bond donors (Lipinski definition) is 1. The summed E-state index contributed by atoms with van der Waals surface area (Å²) < 4.78 is 0. The molecule has 0 fully saturated rings. The monoisotopic (exact) mass is 337 g/mol. The number of carbonyl (C=O) groups excluding carboxylic acids is 1. The number of benzene rings is 3. The van der Waals surface area contributed by atoms with Crippen molar-refractivity contribution >= 4 is 34.0 Å². The summed E-state index contributed by atoms with van der Waals surface area (Å²) in [7, 11) is 0. The number of nitrogens with one attached hydrogen (secondary N) is 1. The zero-order chi connectivity index (χ0) is 17.1. The van der Waals surface area contributed by atoms with Gasteiger partial charge in [0.25, 0.3) is 5.91 Å². The number of rotatable bonds is 4. The Morgan fingerprint density at radius 2 is 1.71 bits per heavy atom. The van der Waals surface area contributed by atoms with Gasteiger partial charge in [-0.05, 0) is 46.9 Å². The maximum atomic E-state index is 12.9.